The molecule has 1 fully saturated rings. The van der Waals surface area contributed by atoms with E-state index in [1.165, 1.54) is 12.3 Å². The molecule has 1 N–H and O–H groups in total. The Morgan fingerprint density at radius 2 is 2.38 bits per heavy atom. The van der Waals surface area contributed by atoms with Gasteiger partial charge in [0.2, 0.25) is 0 Å². The summed E-state index contributed by atoms with van der Waals surface area (Å²) in [6.07, 6.45) is 1.52. The van der Waals surface area contributed by atoms with Gasteiger partial charge in [0, 0.05) is 19.3 Å². The van der Waals surface area contributed by atoms with Crippen LogP contribution in [-0.2, 0) is 0 Å². The third-order valence-electron chi connectivity index (χ3n) is 2.07. The smallest absolute Gasteiger partial charge is 0.250 e. The Hall–Kier alpha value is -1.16. The van der Waals surface area contributed by atoms with Crippen LogP contribution in [0.4, 0.5) is 4.39 Å². The van der Waals surface area contributed by atoms with Crippen LogP contribution >= 0.6 is 0 Å². The molecule has 0 aromatic carbocycles. The minimum atomic E-state index is -0.407. The molecule has 1 aliphatic rings. The predicted molar refractivity (Wildman–Crippen MR) is 46.1 cm³/mol. The van der Waals surface area contributed by atoms with Crippen LogP contribution < -0.4 is 10.1 Å². The van der Waals surface area contributed by atoms with Crippen molar-refractivity contribution in [3.63, 3.8) is 0 Å². The van der Waals surface area contributed by atoms with Crippen LogP contribution in [0.5, 0.6) is 5.88 Å². The fourth-order valence-electron chi connectivity index (χ4n) is 1.23. The number of hydrogen-bond donors (Lipinski definition) is 1. The number of ether oxygens (including phenoxy) is 1. The van der Waals surface area contributed by atoms with Gasteiger partial charge in [0.05, 0.1) is 0 Å². The van der Waals surface area contributed by atoms with E-state index in [0.717, 1.165) is 13.1 Å². The van der Waals surface area contributed by atoms with Crippen molar-refractivity contribution in [1.82, 2.24) is 10.3 Å². The first-order chi connectivity index (χ1) is 6.20. The highest BCUT2D eigenvalue weighted by atomic mass is 19.1. The SMILES string of the molecule is CC1(Oc2ncccc2F)CNC1. The number of rotatable bonds is 2. The summed E-state index contributed by atoms with van der Waals surface area (Å²) in [6, 6.07) is 2.89. The fraction of sp³-hybridized carbons (Fsp3) is 0.444. The average Bonchev–Trinajstić information content (AvgIpc) is 2.06. The van der Waals surface area contributed by atoms with Crippen molar-refractivity contribution in [3.05, 3.63) is 24.1 Å². The van der Waals surface area contributed by atoms with E-state index in [1.807, 2.05) is 6.92 Å². The van der Waals surface area contributed by atoms with E-state index in [-0.39, 0.29) is 11.5 Å². The normalized spacial score (nSPS) is 19.2. The van der Waals surface area contributed by atoms with Crippen LogP contribution in [0.25, 0.3) is 0 Å². The third kappa shape index (κ3) is 1.62. The molecular formula is C9H11FN2O. The third-order valence-corrected chi connectivity index (χ3v) is 2.07. The molecule has 0 saturated carbocycles. The zero-order valence-electron chi connectivity index (χ0n) is 7.38. The maximum absolute atomic E-state index is 13.1. The molecule has 2 rings (SSSR count). The number of aromatic nitrogens is 1. The summed E-state index contributed by atoms with van der Waals surface area (Å²) >= 11 is 0. The Morgan fingerprint density at radius 1 is 1.62 bits per heavy atom. The number of nitrogens with zero attached hydrogens (tertiary/aromatic N) is 1. The van der Waals surface area contributed by atoms with E-state index in [0.29, 0.717) is 0 Å². The summed E-state index contributed by atoms with van der Waals surface area (Å²) in [4.78, 5) is 3.82. The van der Waals surface area contributed by atoms with E-state index < -0.39 is 5.82 Å². The average molecular weight is 182 g/mol. The first-order valence-corrected chi connectivity index (χ1v) is 4.20. The molecule has 0 bridgehead atoms. The van der Waals surface area contributed by atoms with Gasteiger partial charge in [0.25, 0.3) is 5.88 Å². The summed E-state index contributed by atoms with van der Waals surface area (Å²) < 4.78 is 18.5. The molecule has 13 heavy (non-hydrogen) atoms. The molecule has 1 aromatic heterocycles. The van der Waals surface area contributed by atoms with Crippen molar-refractivity contribution in [3.8, 4) is 5.88 Å². The van der Waals surface area contributed by atoms with Gasteiger partial charge in [-0.15, -0.1) is 0 Å². The van der Waals surface area contributed by atoms with Gasteiger partial charge < -0.3 is 10.1 Å². The summed E-state index contributed by atoms with van der Waals surface area (Å²) in [7, 11) is 0. The van der Waals surface area contributed by atoms with Gasteiger partial charge >= 0.3 is 0 Å². The molecule has 0 atom stereocenters. The van der Waals surface area contributed by atoms with Crippen molar-refractivity contribution in [2.24, 2.45) is 0 Å². The second kappa shape index (κ2) is 2.96. The number of nitrogens with one attached hydrogen (secondary N) is 1. The minimum Gasteiger partial charge on any atom is -0.467 e. The number of halogens is 1. The molecular weight excluding hydrogens is 171 g/mol. The zero-order chi connectivity index (χ0) is 9.31. The van der Waals surface area contributed by atoms with Gasteiger partial charge in [-0.2, -0.15) is 0 Å². The first-order valence-electron chi connectivity index (χ1n) is 4.20. The lowest BCUT2D eigenvalue weighted by molar-refractivity contribution is 0.0265. The maximum Gasteiger partial charge on any atom is 0.250 e. The molecule has 1 saturated heterocycles. The first kappa shape index (κ1) is 8.44. The maximum atomic E-state index is 13.1. The van der Waals surface area contributed by atoms with Gasteiger partial charge in [-0.05, 0) is 19.1 Å². The Bertz CT molecular complexity index is 312. The second-order valence-electron chi connectivity index (χ2n) is 3.45. The van der Waals surface area contributed by atoms with E-state index in [4.69, 9.17) is 4.74 Å². The predicted octanol–water partition coefficient (Wildman–Crippen LogP) is 0.961. The van der Waals surface area contributed by atoms with Crippen molar-refractivity contribution in [2.75, 3.05) is 13.1 Å². The van der Waals surface area contributed by atoms with Crippen molar-refractivity contribution in [1.29, 1.82) is 0 Å². The van der Waals surface area contributed by atoms with Crippen LogP contribution in [0, 0.1) is 5.82 Å². The molecule has 1 aliphatic heterocycles. The van der Waals surface area contributed by atoms with Crippen molar-refractivity contribution < 1.29 is 9.13 Å². The van der Waals surface area contributed by atoms with Gasteiger partial charge in [-0.1, -0.05) is 0 Å². The number of hydrogen-bond acceptors (Lipinski definition) is 3. The van der Waals surface area contributed by atoms with Crippen molar-refractivity contribution >= 4 is 0 Å². The van der Waals surface area contributed by atoms with E-state index in [2.05, 4.69) is 10.3 Å². The van der Waals surface area contributed by atoms with E-state index >= 15 is 0 Å². The molecule has 0 spiro atoms. The van der Waals surface area contributed by atoms with Gasteiger partial charge in [0.1, 0.15) is 5.60 Å². The Morgan fingerprint density at radius 3 is 2.92 bits per heavy atom. The van der Waals surface area contributed by atoms with Crippen molar-refractivity contribution in [2.45, 2.75) is 12.5 Å². The van der Waals surface area contributed by atoms with Gasteiger partial charge in [0.15, 0.2) is 5.82 Å². The molecule has 0 amide bonds. The monoisotopic (exact) mass is 182 g/mol. The lowest BCUT2D eigenvalue weighted by Crippen LogP contribution is -2.61. The Labute approximate surface area is 75.9 Å². The summed E-state index contributed by atoms with van der Waals surface area (Å²) in [5.74, 6) is -0.317. The molecule has 0 unspecified atom stereocenters. The van der Waals surface area contributed by atoms with Crippen LogP contribution in [0.2, 0.25) is 0 Å². The molecule has 4 heteroatoms. The van der Waals surface area contributed by atoms with Crippen LogP contribution in [0.1, 0.15) is 6.92 Å². The Balaban J connectivity index is 2.13. The van der Waals surface area contributed by atoms with E-state index in [1.54, 1.807) is 6.07 Å². The highest BCUT2D eigenvalue weighted by molar-refractivity contribution is 5.15. The van der Waals surface area contributed by atoms with Crippen LogP contribution in [-0.4, -0.2) is 23.7 Å². The molecule has 0 radical (unpaired) electrons. The lowest BCUT2D eigenvalue weighted by Gasteiger charge is -2.38. The highest BCUT2D eigenvalue weighted by Crippen LogP contribution is 2.21. The number of pyridine rings is 1. The van der Waals surface area contributed by atoms with E-state index in [9.17, 15) is 4.39 Å². The molecule has 2 heterocycles. The summed E-state index contributed by atoms with van der Waals surface area (Å²) in [6.45, 7) is 3.41. The topological polar surface area (TPSA) is 34.1 Å². The lowest BCUT2D eigenvalue weighted by atomic mass is 10.0. The second-order valence-corrected chi connectivity index (χ2v) is 3.45. The standard InChI is InChI=1S/C9H11FN2O/c1-9(5-11-6-9)13-8-7(10)3-2-4-12-8/h2-4,11H,5-6H2,1H3. The van der Waals surface area contributed by atoms with Crippen LogP contribution in [0.15, 0.2) is 18.3 Å². The van der Waals surface area contributed by atoms with Crippen LogP contribution in [0.3, 0.4) is 0 Å². The van der Waals surface area contributed by atoms with Gasteiger partial charge in [-0.25, -0.2) is 9.37 Å². The quantitative estimate of drug-likeness (QED) is 0.739. The Kier molecular flexibility index (Phi) is 1.92. The molecule has 0 aliphatic carbocycles. The fourth-order valence-corrected chi connectivity index (χ4v) is 1.23. The zero-order valence-corrected chi connectivity index (χ0v) is 7.38. The summed E-state index contributed by atoms with van der Waals surface area (Å²) in [5.41, 5.74) is -0.296. The van der Waals surface area contributed by atoms with Gasteiger partial charge in [-0.3, -0.25) is 0 Å². The molecule has 70 valence electrons. The largest absolute Gasteiger partial charge is 0.467 e. The minimum absolute atomic E-state index is 0.0894. The highest BCUT2D eigenvalue weighted by Gasteiger charge is 2.34. The summed E-state index contributed by atoms with van der Waals surface area (Å²) in [5, 5.41) is 3.07. The molecule has 1 aromatic rings. The molecule has 3 nitrogen and oxygen atoms in total.